The Hall–Kier alpha value is -2.78. The normalized spacial score (nSPS) is 10.3. The molecule has 1 aromatic carbocycles. The van der Waals surface area contributed by atoms with Gasteiger partial charge in [-0.15, -0.1) is 0 Å². The third-order valence-electron chi connectivity index (χ3n) is 2.60. The highest BCUT2D eigenvalue weighted by Crippen LogP contribution is 2.09. The number of amides is 1. The molecule has 0 atom stereocenters. The summed E-state index contributed by atoms with van der Waals surface area (Å²) in [6, 6.07) is 13.8. The monoisotopic (exact) mass is 252 g/mol. The van der Waals surface area contributed by atoms with E-state index in [1.165, 1.54) is 11.6 Å². The number of hydrogen-bond donors (Lipinski definition) is 0. The molecule has 1 amide bonds. The third-order valence-corrected chi connectivity index (χ3v) is 2.60. The van der Waals surface area contributed by atoms with Crippen LogP contribution in [-0.2, 0) is 11.3 Å². The molecule has 0 saturated carbocycles. The molecule has 5 heteroatoms. The lowest BCUT2D eigenvalue weighted by atomic mass is 10.2. The number of carbonyl (C=O) groups is 1. The van der Waals surface area contributed by atoms with Gasteiger partial charge in [-0.3, -0.25) is 4.79 Å². The third kappa shape index (κ3) is 3.59. The largest absolute Gasteiger partial charge is 0.344 e. The molecule has 0 fully saturated rings. The maximum atomic E-state index is 11.1. The van der Waals surface area contributed by atoms with Gasteiger partial charge in [0.25, 0.3) is 0 Å². The molecule has 0 bridgehead atoms. The van der Waals surface area contributed by atoms with E-state index < -0.39 is 5.91 Å². The molecule has 0 unspecified atom stereocenters. The maximum absolute atomic E-state index is 11.1. The van der Waals surface area contributed by atoms with E-state index in [4.69, 9.17) is 5.53 Å². The van der Waals surface area contributed by atoms with Crippen LogP contribution < -0.4 is 0 Å². The summed E-state index contributed by atoms with van der Waals surface area (Å²) >= 11 is 0. The standard InChI is InChI=1S/C14H12N4O/c15-17-16-14(19)9-8-13-7-4-10-18(13)11-12-5-2-1-3-6-12/h1-10H,11H2/b9-8+. The summed E-state index contributed by atoms with van der Waals surface area (Å²) < 4.78 is 2.01. The predicted molar refractivity (Wildman–Crippen MR) is 73.2 cm³/mol. The quantitative estimate of drug-likeness (QED) is 0.356. The summed E-state index contributed by atoms with van der Waals surface area (Å²) in [5, 5.41) is 2.98. The van der Waals surface area contributed by atoms with Gasteiger partial charge >= 0.3 is 0 Å². The van der Waals surface area contributed by atoms with Crippen molar-refractivity contribution < 1.29 is 4.79 Å². The molecule has 0 aliphatic heterocycles. The molecule has 0 spiro atoms. The second-order valence-corrected chi connectivity index (χ2v) is 3.91. The van der Waals surface area contributed by atoms with Gasteiger partial charge in [0, 0.05) is 23.3 Å². The van der Waals surface area contributed by atoms with E-state index in [9.17, 15) is 4.79 Å². The second kappa shape index (κ2) is 6.23. The fraction of sp³-hybridized carbons (Fsp3) is 0.0714. The van der Waals surface area contributed by atoms with Crippen LogP contribution in [0.25, 0.3) is 16.5 Å². The van der Waals surface area contributed by atoms with Gasteiger partial charge in [-0.05, 0) is 40.5 Å². The summed E-state index contributed by atoms with van der Waals surface area (Å²) in [4.78, 5) is 13.5. The van der Waals surface area contributed by atoms with E-state index in [-0.39, 0.29) is 0 Å². The van der Waals surface area contributed by atoms with E-state index in [2.05, 4.69) is 10.0 Å². The van der Waals surface area contributed by atoms with Gasteiger partial charge in [-0.2, -0.15) is 0 Å². The maximum Gasteiger partial charge on any atom is 0.242 e. The van der Waals surface area contributed by atoms with Crippen LogP contribution in [0, 0.1) is 0 Å². The average molecular weight is 252 g/mol. The molecule has 0 aliphatic carbocycles. The smallest absolute Gasteiger partial charge is 0.242 e. The van der Waals surface area contributed by atoms with Crippen LogP contribution in [0.3, 0.4) is 0 Å². The molecule has 1 heterocycles. The fourth-order valence-electron chi connectivity index (χ4n) is 1.74. The lowest BCUT2D eigenvalue weighted by Crippen LogP contribution is -2.00. The summed E-state index contributed by atoms with van der Waals surface area (Å²) in [7, 11) is 0. The topological polar surface area (TPSA) is 70.8 Å². The highest BCUT2D eigenvalue weighted by molar-refractivity contribution is 5.92. The Morgan fingerprint density at radius 2 is 2.05 bits per heavy atom. The molecule has 0 radical (unpaired) electrons. The minimum absolute atomic E-state index is 0.602. The second-order valence-electron chi connectivity index (χ2n) is 3.91. The van der Waals surface area contributed by atoms with Gasteiger partial charge in [0.05, 0.1) is 0 Å². The van der Waals surface area contributed by atoms with Crippen molar-refractivity contribution in [3.05, 3.63) is 76.4 Å². The molecular weight excluding hydrogens is 240 g/mol. The van der Waals surface area contributed by atoms with Crippen molar-refractivity contribution in [2.45, 2.75) is 6.54 Å². The van der Waals surface area contributed by atoms with Crippen LogP contribution in [0.2, 0.25) is 0 Å². The summed E-state index contributed by atoms with van der Waals surface area (Å²) in [5.74, 6) is -0.602. The van der Waals surface area contributed by atoms with Crippen molar-refractivity contribution in [1.82, 2.24) is 4.57 Å². The minimum Gasteiger partial charge on any atom is -0.344 e. The number of aromatic nitrogens is 1. The highest BCUT2D eigenvalue weighted by Gasteiger charge is 1.99. The van der Waals surface area contributed by atoms with Crippen molar-refractivity contribution in [2.75, 3.05) is 0 Å². The Morgan fingerprint density at radius 3 is 2.79 bits per heavy atom. The van der Waals surface area contributed by atoms with Crippen molar-refractivity contribution in [2.24, 2.45) is 5.11 Å². The van der Waals surface area contributed by atoms with Crippen LogP contribution in [0.5, 0.6) is 0 Å². The molecule has 5 nitrogen and oxygen atoms in total. The van der Waals surface area contributed by atoms with Crippen molar-refractivity contribution in [3.8, 4) is 0 Å². The summed E-state index contributed by atoms with van der Waals surface area (Å²) in [5.41, 5.74) is 10.2. The first kappa shape index (κ1) is 12.7. The lowest BCUT2D eigenvalue weighted by molar-refractivity contribution is -0.113. The number of carbonyl (C=O) groups excluding carboxylic acids is 1. The zero-order valence-electron chi connectivity index (χ0n) is 10.2. The SMILES string of the molecule is [N-]=[N+]=NC(=O)/C=C/c1cccn1Cc1ccccc1. The number of rotatable bonds is 4. The fourth-order valence-corrected chi connectivity index (χ4v) is 1.74. The predicted octanol–water partition coefficient (Wildman–Crippen LogP) is 3.39. The van der Waals surface area contributed by atoms with E-state index in [0.717, 1.165) is 12.2 Å². The number of benzene rings is 1. The molecule has 0 aliphatic rings. The van der Waals surface area contributed by atoms with Crippen molar-refractivity contribution in [3.63, 3.8) is 0 Å². The van der Waals surface area contributed by atoms with Crippen molar-refractivity contribution >= 4 is 12.0 Å². The molecule has 0 N–H and O–H groups in total. The lowest BCUT2D eigenvalue weighted by Gasteiger charge is -2.06. The first-order valence-corrected chi connectivity index (χ1v) is 5.76. The molecule has 94 valence electrons. The van der Waals surface area contributed by atoms with Gasteiger partial charge in [-0.25, -0.2) is 0 Å². The molecule has 19 heavy (non-hydrogen) atoms. The zero-order valence-corrected chi connectivity index (χ0v) is 10.2. The molecular formula is C14H12N4O. The molecule has 1 aromatic heterocycles. The molecule has 2 rings (SSSR count). The Bertz CT molecular complexity index is 636. The van der Waals surface area contributed by atoms with Crippen LogP contribution >= 0.6 is 0 Å². The summed E-state index contributed by atoms with van der Waals surface area (Å²) in [6.45, 7) is 0.725. The Morgan fingerprint density at radius 1 is 1.26 bits per heavy atom. The van der Waals surface area contributed by atoms with Gasteiger partial charge in [0.2, 0.25) is 5.91 Å². The van der Waals surface area contributed by atoms with Crippen LogP contribution in [0.1, 0.15) is 11.3 Å². The van der Waals surface area contributed by atoms with E-state index >= 15 is 0 Å². The minimum atomic E-state index is -0.602. The first-order valence-electron chi connectivity index (χ1n) is 5.76. The van der Waals surface area contributed by atoms with E-state index in [1.807, 2.05) is 53.2 Å². The van der Waals surface area contributed by atoms with Gasteiger partial charge < -0.3 is 4.57 Å². The number of hydrogen-bond acceptors (Lipinski definition) is 1. The van der Waals surface area contributed by atoms with Gasteiger partial charge in [0.15, 0.2) is 0 Å². The van der Waals surface area contributed by atoms with Crippen LogP contribution in [-0.4, -0.2) is 10.5 Å². The van der Waals surface area contributed by atoms with E-state index in [0.29, 0.717) is 0 Å². The highest BCUT2D eigenvalue weighted by atomic mass is 16.1. The van der Waals surface area contributed by atoms with Gasteiger partial charge in [-0.1, -0.05) is 30.3 Å². The average Bonchev–Trinajstić information content (AvgIpc) is 2.85. The summed E-state index contributed by atoms with van der Waals surface area (Å²) in [6.07, 6.45) is 4.83. The Balaban J connectivity index is 2.14. The number of nitrogens with zero attached hydrogens (tertiary/aromatic N) is 4. The first-order chi connectivity index (χ1) is 9.29. The van der Waals surface area contributed by atoms with Gasteiger partial charge in [0.1, 0.15) is 0 Å². The zero-order chi connectivity index (χ0) is 13.5. The van der Waals surface area contributed by atoms with Crippen molar-refractivity contribution in [1.29, 1.82) is 0 Å². The van der Waals surface area contributed by atoms with E-state index in [1.54, 1.807) is 6.08 Å². The number of azide groups is 1. The molecule has 0 saturated heterocycles. The Kier molecular flexibility index (Phi) is 4.16. The van der Waals surface area contributed by atoms with Crippen LogP contribution in [0.4, 0.5) is 0 Å². The Labute approximate surface area is 110 Å². The molecule has 2 aromatic rings. The van der Waals surface area contributed by atoms with Crippen LogP contribution in [0.15, 0.2) is 59.9 Å².